The molecule has 120 valence electrons. The molecule has 3 nitrogen and oxygen atoms in total. The fourth-order valence-electron chi connectivity index (χ4n) is 4.30. The van der Waals surface area contributed by atoms with Gasteiger partial charge in [0.25, 0.3) is 0 Å². The lowest BCUT2D eigenvalue weighted by atomic mass is 9.88. The molecule has 1 saturated heterocycles. The molecule has 2 aliphatic rings. The summed E-state index contributed by atoms with van der Waals surface area (Å²) in [7, 11) is 0. The highest BCUT2D eigenvalue weighted by molar-refractivity contribution is 5.79. The van der Waals surface area contributed by atoms with Crippen LogP contribution in [0, 0.1) is 17.8 Å². The smallest absolute Gasteiger partial charge is 0.223 e. The second-order valence-electron chi connectivity index (χ2n) is 7.38. The standard InChI is InChI=1S/C19H28N2O/c1-13(2)20-11-17-14(3)9-18-16(17)10-19(22)21(18)12-15-7-5-4-6-8-15/h4-8,13-14,16-18,20H,9-12H2,1-3H3/t14-,16-,17+,18+/m0/s1. The van der Waals surface area contributed by atoms with Gasteiger partial charge in [-0.1, -0.05) is 51.1 Å². The Morgan fingerprint density at radius 3 is 2.68 bits per heavy atom. The topological polar surface area (TPSA) is 32.3 Å². The minimum atomic E-state index is 0.348. The molecule has 22 heavy (non-hydrogen) atoms. The van der Waals surface area contributed by atoms with E-state index in [0.717, 1.165) is 25.9 Å². The molecule has 0 unspecified atom stereocenters. The van der Waals surface area contributed by atoms with E-state index in [0.29, 0.717) is 35.7 Å². The quantitative estimate of drug-likeness (QED) is 0.906. The Morgan fingerprint density at radius 2 is 2.00 bits per heavy atom. The zero-order valence-electron chi connectivity index (χ0n) is 14.0. The van der Waals surface area contributed by atoms with Gasteiger partial charge in [0.15, 0.2) is 0 Å². The number of rotatable bonds is 5. The van der Waals surface area contributed by atoms with E-state index in [9.17, 15) is 4.79 Å². The van der Waals surface area contributed by atoms with Crippen molar-refractivity contribution in [2.75, 3.05) is 6.54 Å². The van der Waals surface area contributed by atoms with Gasteiger partial charge in [-0.2, -0.15) is 0 Å². The van der Waals surface area contributed by atoms with E-state index in [2.05, 4.69) is 55.3 Å². The van der Waals surface area contributed by atoms with Gasteiger partial charge in [-0.3, -0.25) is 4.79 Å². The maximum absolute atomic E-state index is 12.5. The van der Waals surface area contributed by atoms with Gasteiger partial charge in [0.1, 0.15) is 0 Å². The summed E-state index contributed by atoms with van der Waals surface area (Å²) in [5.41, 5.74) is 1.24. The third-order valence-electron chi connectivity index (χ3n) is 5.48. The third kappa shape index (κ3) is 3.05. The number of fused-ring (bicyclic) bond motifs is 1. The monoisotopic (exact) mass is 300 g/mol. The molecule has 3 rings (SSSR count). The molecule has 0 aromatic heterocycles. The van der Waals surface area contributed by atoms with Gasteiger partial charge < -0.3 is 10.2 Å². The average Bonchev–Trinajstić information content (AvgIpc) is 2.94. The van der Waals surface area contributed by atoms with Gasteiger partial charge in [0.05, 0.1) is 0 Å². The maximum atomic E-state index is 12.5. The summed E-state index contributed by atoms with van der Waals surface area (Å²) in [6, 6.07) is 11.3. The van der Waals surface area contributed by atoms with Crippen molar-refractivity contribution in [2.45, 2.75) is 52.2 Å². The molecule has 1 saturated carbocycles. The normalized spacial score (nSPS) is 31.1. The zero-order chi connectivity index (χ0) is 15.7. The van der Waals surface area contributed by atoms with Crippen LogP contribution in [0.2, 0.25) is 0 Å². The molecule has 2 fully saturated rings. The van der Waals surface area contributed by atoms with Crippen LogP contribution in [-0.2, 0) is 11.3 Å². The van der Waals surface area contributed by atoms with Crippen molar-refractivity contribution in [2.24, 2.45) is 17.8 Å². The molecule has 1 amide bonds. The second-order valence-corrected chi connectivity index (χ2v) is 7.38. The van der Waals surface area contributed by atoms with Crippen LogP contribution in [0.25, 0.3) is 0 Å². The lowest BCUT2D eigenvalue weighted by Crippen LogP contribution is -2.34. The van der Waals surface area contributed by atoms with Gasteiger partial charge in [0.2, 0.25) is 5.91 Å². The van der Waals surface area contributed by atoms with Gasteiger partial charge >= 0.3 is 0 Å². The van der Waals surface area contributed by atoms with Gasteiger partial charge in [0, 0.05) is 25.0 Å². The van der Waals surface area contributed by atoms with Crippen molar-refractivity contribution < 1.29 is 4.79 Å². The molecule has 1 aromatic carbocycles. The number of hydrogen-bond donors (Lipinski definition) is 1. The van der Waals surface area contributed by atoms with Gasteiger partial charge in [-0.05, 0) is 36.3 Å². The molecule has 3 heteroatoms. The minimum absolute atomic E-state index is 0.348. The summed E-state index contributed by atoms with van der Waals surface area (Å²) in [5.74, 6) is 2.22. The molecular weight excluding hydrogens is 272 g/mol. The van der Waals surface area contributed by atoms with Crippen LogP contribution in [0.3, 0.4) is 0 Å². The lowest BCUT2D eigenvalue weighted by molar-refractivity contribution is -0.129. The van der Waals surface area contributed by atoms with Crippen molar-refractivity contribution in [1.82, 2.24) is 10.2 Å². The SMILES string of the molecule is CC(C)NC[C@H]1[C@@H]2CC(=O)N(Cc3ccccc3)[C@@H]2C[C@@H]1C. The second kappa shape index (κ2) is 6.41. The maximum Gasteiger partial charge on any atom is 0.223 e. The highest BCUT2D eigenvalue weighted by Gasteiger charge is 2.50. The summed E-state index contributed by atoms with van der Waals surface area (Å²) in [6.45, 7) is 8.57. The van der Waals surface area contributed by atoms with E-state index in [1.807, 2.05) is 6.07 Å². The molecule has 1 aromatic rings. The molecule has 1 aliphatic carbocycles. The number of likely N-dealkylation sites (tertiary alicyclic amines) is 1. The Hall–Kier alpha value is -1.35. The van der Waals surface area contributed by atoms with E-state index >= 15 is 0 Å². The van der Waals surface area contributed by atoms with E-state index in [-0.39, 0.29) is 0 Å². The Morgan fingerprint density at radius 1 is 1.27 bits per heavy atom. The Kier molecular flexibility index (Phi) is 4.53. The third-order valence-corrected chi connectivity index (χ3v) is 5.48. The van der Waals surface area contributed by atoms with E-state index in [1.165, 1.54) is 5.56 Å². The van der Waals surface area contributed by atoms with Crippen molar-refractivity contribution >= 4 is 5.91 Å². The number of nitrogens with one attached hydrogen (secondary N) is 1. The number of hydrogen-bond acceptors (Lipinski definition) is 2. The van der Waals surface area contributed by atoms with Gasteiger partial charge in [-0.15, -0.1) is 0 Å². The van der Waals surface area contributed by atoms with E-state index in [1.54, 1.807) is 0 Å². The number of nitrogens with zero attached hydrogens (tertiary/aromatic N) is 1. The van der Waals surface area contributed by atoms with Crippen molar-refractivity contribution in [3.8, 4) is 0 Å². The molecule has 0 spiro atoms. The number of carbonyl (C=O) groups is 1. The molecule has 1 N–H and O–H groups in total. The van der Waals surface area contributed by atoms with Crippen LogP contribution in [0.1, 0.15) is 39.2 Å². The molecular formula is C19H28N2O. The predicted molar refractivity (Wildman–Crippen MR) is 89.3 cm³/mol. The average molecular weight is 300 g/mol. The van der Waals surface area contributed by atoms with E-state index in [4.69, 9.17) is 0 Å². The minimum Gasteiger partial charge on any atom is -0.335 e. The summed E-state index contributed by atoms with van der Waals surface area (Å²) in [6.07, 6.45) is 1.90. The highest BCUT2D eigenvalue weighted by atomic mass is 16.2. The van der Waals surface area contributed by atoms with Crippen molar-refractivity contribution in [3.05, 3.63) is 35.9 Å². The van der Waals surface area contributed by atoms with Crippen LogP contribution in [0.4, 0.5) is 0 Å². The summed E-state index contributed by atoms with van der Waals surface area (Å²) in [5, 5.41) is 3.58. The highest BCUT2D eigenvalue weighted by Crippen LogP contribution is 2.46. The van der Waals surface area contributed by atoms with E-state index < -0.39 is 0 Å². The predicted octanol–water partition coefficient (Wildman–Crippen LogP) is 3.06. The van der Waals surface area contributed by atoms with Crippen LogP contribution < -0.4 is 5.32 Å². The number of amides is 1. The molecule has 0 radical (unpaired) electrons. The Bertz CT molecular complexity index is 513. The first-order valence-corrected chi connectivity index (χ1v) is 8.63. The Balaban J connectivity index is 1.70. The summed E-state index contributed by atoms with van der Waals surface area (Å²) >= 11 is 0. The summed E-state index contributed by atoms with van der Waals surface area (Å²) in [4.78, 5) is 14.6. The molecule has 4 atom stereocenters. The largest absolute Gasteiger partial charge is 0.335 e. The zero-order valence-corrected chi connectivity index (χ0v) is 14.0. The fraction of sp³-hybridized carbons (Fsp3) is 0.632. The molecule has 1 aliphatic heterocycles. The first-order chi connectivity index (χ1) is 10.6. The van der Waals surface area contributed by atoms with Crippen LogP contribution >= 0.6 is 0 Å². The molecule has 1 heterocycles. The van der Waals surface area contributed by atoms with Crippen LogP contribution in [0.5, 0.6) is 0 Å². The fourth-order valence-corrected chi connectivity index (χ4v) is 4.30. The van der Waals surface area contributed by atoms with Crippen molar-refractivity contribution in [1.29, 1.82) is 0 Å². The van der Waals surface area contributed by atoms with Crippen LogP contribution in [-0.4, -0.2) is 29.4 Å². The number of carbonyl (C=O) groups excluding carboxylic acids is 1. The van der Waals surface area contributed by atoms with Gasteiger partial charge in [-0.25, -0.2) is 0 Å². The first kappa shape index (κ1) is 15.5. The van der Waals surface area contributed by atoms with Crippen molar-refractivity contribution in [3.63, 3.8) is 0 Å². The molecule has 0 bridgehead atoms. The summed E-state index contributed by atoms with van der Waals surface area (Å²) < 4.78 is 0. The first-order valence-electron chi connectivity index (χ1n) is 8.63. The Labute approximate surface area is 134 Å². The van der Waals surface area contributed by atoms with Crippen LogP contribution in [0.15, 0.2) is 30.3 Å². The number of benzene rings is 1. The lowest BCUT2D eigenvalue weighted by Gasteiger charge is -2.25.